The smallest absolute Gasteiger partial charge is 0.326 e. The Bertz CT molecular complexity index is 615. The summed E-state index contributed by atoms with van der Waals surface area (Å²) >= 11 is 4.01. The van der Waals surface area contributed by atoms with Gasteiger partial charge >= 0.3 is 5.97 Å². The van der Waals surface area contributed by atoms with E-state index < -0.39 is 47.9 Å². The summed E-state index contributed by atoms with van der Waals surface area (Å²) < 4.78 is 0. The number of hydrogen-bond donors (Lipinski definition) is 6. The van der Waals surface area contributed by atoms with Crippen LogP contribution in [0, 0.1) is 17.8 Å². The fraction of sp³-hybridized carbons (Fsp3) is 0.810. The zero-order valence-corrected chi connectivity index (χ0v) is 20.4. The second-order valence-corrected chi connectivity index (χ2v) is 9.25. The molecule has 6 N–H and O–H groups in total. The molecule has 5 unspecified atom stereocenters. The van der Waals surface area contributed by atoms with Gasteiger partial charge in [-0.2, -0.15) is 12.6 Å². The van der Waals surface area contributed by atoms with Crippen molar-refractivity contribution >= 4 is 36.3 Å². The maximum absolute atomic E-state index is 13.0. The summed E-state index contributed by atoms with van der Waals surface area (Å²) in [7, 11) is 0. The summed E-state index contributed by atoms with van der Waals surface area (Å²) in [5, 5.41) is 17.3. The highest BCUT2D eigenvalue weighted by atomic mass is 32.1. The first-order chi connectivity index (χ1) is 14.3. The fourth-order valence-corrected chi connectivity index (χ4v) is 3.14. The van der Waals surface area contributed by atoms with Crippen LogP contribution < -0.4 is 21.7 Å². The van der Waals surface area contributed by atoms with Crippen LogP contribution in [0.4, 0.5) is 0 Å². The molecule has 5 atom stereocenters. The van der Waals surface area contributed by atoms with E-state index in [0.29, 0.717) is 12.8 Å². The van der Waals surface area contributed by atoms with Crippen LogP contribution in [-0.2, 0) is 19.2 Å². The van der Waals surface area contributed by atoms with Crippen LogP contribution in [0.3, 0.4) is 0 Å². The molecule has 180 valence electrons. The van der Waals surface area contributed by atoms with E-state index in [9.17, 15) is 24.3 Å². The summed E-state index contributed by atoms with van der Waals surface area (Å²) in [6.07, 6.45) is 1.22. The van der Waals surface area contributed by atoms with Gasteiger partial charge in [0, 0.05) is 5.75 Å². The van der Waals surface area contributed by atoms with Crippen LogP contribution in [0.2, 0.25) is 0 Å². The van der Waals surface area contributed by atoms with E-state index in [0.717, 1.165) is 0 Å². The molecule has 0 aromatic carbocycles. The van der Waals surface area contributed by atoms with Gasteiger partial charge in [-0.15, -0.1) is 0 Å². The third-order valence-electron chi connectivity index (χ3n) is 4.99. The first kappa shape index (κ1) is 29.2. The van der Waals surface area contributed by atoms with Gasteiger partial charge in [-0.3, -0.25) is 14.4 Å². The van der Waals surface area contributed by atoms with Crippen molar-refractivity contribution in [2.24, 2.45) is 23.5 Å². The second-order valence-electron chi connectivity index (χ2n) is 8.88. The van der Waals surface area contributed by atoms with Crippen LogP contribution in [0.5, 0.6) is 0 Å². The van der Waals surface area contributed by atoms with Crippen LogP contribution in [0.1, 0.15) is 60.8 Å². The number of carboxylic acids is 1. The molecule has 0 saturated heterocycles. The Morgan fingerprint density at radius 3 is 1.74 bits per heavy atom. The number of nitrogens with one attached hydrogen (secondary N) is 3. The molecule has 10 heteroatoms. The average Bonchev–Trinajstić information content (AvgIpc) is 2.68. The summed E-state index contributed by atoms with van der Waals surface area (Å²) in [5.74, 6) is -2.63. The number of carboxylic acid groups (broad SMARTS) is 1. The molecular formula is C21H40N4O5S. The van der Waals surface area contributed by atoms with E-state index in [2.05, 4.69) is 28.6 Å². The van der Waals surface area contributed by atoms with Crippen LogP contribution >= 0.6 is 12.6 Å². The molecule has 9 nitrogen and oxygen atoms in total. The van der Waals surface area contributed by atoms with Crippen molar-refractivity contribution in [3.05, 3.63) is 0 Å². The maximum Gasteiger partial charge on any atom is 0.326 e. The van der Waals surface area contributed by atoms with Gasteiger partial charge in [0.05, 0.1) is 6.04 Å². The molecule has 0 aliphatic carbocycles. The van der Waals surface area contributed by atoms with Crippen LogP contribution in [0.15, 0.2) is 0 Å². The highest BCUT2D eigenvalue weighted by molar-refractivity contribution is 7.80. The lowest BCUT2D eigenvalue weighted by Gasteiger charge is -2.28. The maximum atomic E-state index is 13.0. The van der Waals surface area contributed by atoms with E-state index in [4.69, 9.17) is 5.73 Å². The van der Waals surface area contributed by atoms with Crippen molar-refractivity contribution in [3.63, 3.8) is 0 Å². The fourth-order valence-electron chi connectivity index (χ4n) is 2.97. The minimum atomic E-state index is -1.12. The van der Waals surface area contributed by atoms with Gasteiger partial charge < -0.3 is 26.8 Å². The van der Waals surface area contributed by atoms with Gasteiger partial charge in [-0.25, -0.2) is 4.79 Å². The van der Waals surface area contributed by atoms with Crippen molar-refractivity contribution in [1.29, 1.82) is 0 Å². The Balaban J connectivity index is 5.52. The zero-order valence-electron chi connectivity index (χ0n) is 19.5. The Labute approximate surface area is 191 Å². The lowest BCUT2D eigenvalue weighted by molar-refractivity contribution is -0.143. The molecule has 0 rings (SSSR count). The number of thiol groups is 1. The van der Waals surface area contributed by atoms with Crippen LogP contribution in [-0.4, -0.2) is 58.7 Å². The third-order valence-corrected chi connectivity index (χ3v) is 5.38. The van der Waals surface area contributed by atoms with Gasteiger partial charge in [-0.05, 0) is 30.6 Å². The lowest BCUT2D eigenvalue weighted by Crippen LogP contribution is -2.59. The van der Waals surface area contributed by atoms with Gasteiger partial charge in [0.2, 0.25) is 17.7 Å². The van der Waals surface area contributed by atoms with E-state index in [1.807, 2.05) is 34.6 Å². The minimum Gasteiger partial charge on any atom is -0.480 e. The number of carbonyl (C=O) groups is 4. The number of carbonyl (C=O) groups excluding carboxylic acids is 3. The van der Waals surface area contributed by atoms with Crippen molar-refractivity contribution in [3.8, 4) is 0 Å². The number of amides is 3. The first-order valence-electron chi connectivity index (χ1n) is 10.8. The molecule has 3 amide bonds. The Morgan fingerprint density at radius 1 is 0.839 bits per heavy atom. The molecule has 0 aromatic rings. The minimum absolute atomic E-state index is 0.0692. The monoisotopic (exact) mass is 460 g/mol. The standard InChI is InChI=1S/C21H40N4O5S/c1-7-13(6)17(20(28)24-16(21(29)30)9-12(4)5)25-19(27)15(8-11(2)3)23-18(26)14(22)10-31/h11-17,31H,7-10,22H2,1-6H3,(H,23,26)(H,24,28)(H,25,27)(H,29,30). The second kappa shape index (κ2) is 14.3. The summed E-state index contributed by atoms with van der Waals surface area (Å²) in [6, 6.07) is -3.71. The molecule has 0 radical (unpaired) electrons. The molecule has 0 fully saturated rings. The molecule has 0 aliphatic rings. The van der Waals surface area contributed by atoms with E-state index in [1.165, 1.54) is 0 Å². The summed E-state index contributed by atoms with van der Waals surface area (Å²) in [6.45, 7) is 11.2. The lowest BCUT2D eigenvalue weighted by atomic mass is 9.95. The summed E-state index contributed by atoms with van der Waals surface area (Å²) in [4.78, 5) is 49.6. The highest BCUT2D eigenvalue weighted by Crippen LogP contribution is 2.12. The highest BCUT2D eigenvalue weighted by Gasteiger charge is 2.33. The number of hydrogen-bond acceptors (Lipinski definition) is 6. The van der Waals surface area contributed by atoms with Gasteiger partial charge in [0.15, 0.2) is 0 Å². The first-order valence-corrected chi connectivity index (χ1v) is 11.5. The SMILES string of the molecule is CCC(C)C(NC(=O)C(CC(C)C)NC(=O)C(N)CS)C(=O)NC(CC(C)C)C(=O)O. The van der Waals surface area contributed by atoms with E-state index in [-0.39, 0.29) is 29.9 Å². The number of rotatable bonds is 14. The predicted octanol–water partition coefficient (Wildman–Crippen LogP) is 0.921. The third kappa shape index (κ3) is 10.9. The molecule has 0 heterocycles. The molecular weight excluding hydrogens is 420 g/mol. The van der Waals surface area contributed by atoms with Gasteiger partial charge in [0.25, 0.3) is 0 Å². The molecule has 0 aromatic heterocycles. The van der Waals surface area contributed by atoms with E-state index in [1.54, 1.807) is 6.92 Å². The number of nitrogens with two attached hydrogens (primary N) is 1. The zero-order chi connectivity index (χ0) is 24.3. The summed E-state index contributed by atoms with van der Waals surface area (Å²) in [5.41, 5.74) is 5.70. The van der Waals surface area contributed by atoms with Crippen molar-refractivity contribution in [2.45, 2.75) is 85.0 Å². The Hall–Kier alpha value is -1.81. The Morgan fingerprint density at radius 2 is 1.32 bits per heavy atom. The largest absolute Gasteiger partial charge is 0.480 e. The number of aliphatic carboxylic acids is 1. The van der Waals surface area contributed by atoms with Gasteiger partial charge in [-0.1, -0.05) is 48.0 Å². The molecule has 0 bridgehead atoms. The molecule has 31 heavy (non-hydrogen) atoms. The molecule has 0 spiro atoms. The normalized spacial score (nSPS) is 16.2. The Kier molecular flexibility index (Phi) is 13.5. The molecule has 0 aliphatic heterocycles. The average molecular weight is 461 g/mol. The quantitative estimate of drug-likeness (QED) is 0.212. The van der Waals surface area contributed by atoms with Crippen molar-refractivity contribution in [2.75, 3.05) is 5.75 Å². The molecule has 0 saturated carbocycles. The topological polar surface area (TPSA) is 151 Å². The van der Waals surface area contributed by atoms with Gasteiger partial charge in [0.1, 0.15) is 18.1 Å². The van der Waals surface area contributed by atoms with Crippen molar-refractivity contribution in [1.82, 2.24) is 16.0 Å². The van der Waals surface area contributed by atoms with E-state index >= 15 is 0 Å². The predicted molar refractivity (Wildman–Crippen MR) is 124 cm³/mol. The van der Waals surface area contributed by atoms with Crippen LogP contribution in [0.25, 0.3) is 0 Å². The van der Waals surface area contributed by atoms with Crippen molar-refractivity contribution < 1.29 is 24.3 Å².